The molecule has 2 aromatic carbocycles. The van der Waals surface area contributed by atoms with E-state index in [-0.39, 0.29) is 17.1 Å². The summed E-state index contributed by atoms with van der Waals surface area (Å²) in [4.78, 5) is 10.8. The van der Waals surface area contributed by atoms with Crippen molar-refractivity contribution in [3.05, 3.63) is 58.1 Å². The van der Waals surface area contributed by atoms with E-state index in [1.54, 1.807) is 0 Å². The minimum absolute atomic E-state index is 0.0226. The van der Waals surface area contributed by atoms with Gasteiger partial charge in [-0.15, -0.1) is 0 Å². The fourth-order valence-corrected chi connectivity index (χ4v) is 1.73. The Kier molecular flexibility index (Phi) is 3.72. The van der Waals surface area contributed by atoms with Gasteiger partial charge in [-0.05, 0) is 30.3 Å². The first-order chi connectivity index (χ1) is 8.61. The standard InChI is InChI=1S/C13H7BrF2O2/c14-9-4-5-10(15)12(6-9)18-13-8(7-17)2-1-3-11(13)16/h1-7H. The van der Waals surface area contributed by atoms with Crippen molar-refractivity contribution in [2.75, 3.05) is 0 Å². The van der Waals surface area contributed by atoms with Crippen molar-refractivity contribution in [3.63, 3.8) is 0 Å². The van der Waals surface area contributed by atoms with Crippen LogP contribution in [0.15, 0.2) is 40.9 Å². The molecule has 5 heteroatoms. The van der Waals surface area contributed by atoms with Gasteiger partial charge in [-0.3, -0.25) is 4.79 Å². The van der Waals surface area contributed by atoms with Crippen LogP contribution < -0.4 is 4.74 Å². The second-order valence-electron chi connectivity index (χ2n) is 3.45. The Balaban J connectivity index is 2.45. The van der Waals surface area contributed by atoms with Crippen LogP contribution in [0.5, 0.6) is 11.5 Å². The second-order valence-corrected chi connectivity index (χ2v) is 4.37. The van der Waals surface area contributed by atoms with E-state index in [2.05, 4.69) is 15.9 Å². The first-order valence-corrected chi connectivity index (χ1v) is 5.77. The molecule has 0 aromatic heterocycles. The fourth-order valence-electron chi connectivity index (χ4n) is 1.39. The van der Waals surface area contributed by atoms with Gasteiger partial charge in [0.1, 0.15) is 0 Å². The van der Waals surface area contributed by atoms with Gasteiger partial charge in [0.05, 0.1) is 5.56 Å². The number of carbonyl (C=O) groups excluding carboxylic acids is 1. The fraction of sp³-hybridized carbons (Fsp3) is 0. The largest absolute Gasteiger partial charge is 0.450 e. The summed E-state index contributed by atoms with van der Waals surface area (Å²) in [5, 5.41) is 0. The van der Waals surface area contributed by atoms with Crippen LogP contribution in [0.25, 0.3) is 0 Å². The van der Waals surface area contributed by atoms with Gasteiger partial charge in [-0.1, -0.05) is 22.0 Å². The smallest absolute Gasteiger partial charge is 0.173 e. The van der Waals surface area contributed by atoms with Crippen LogP contribution in [-0.4, -0.2) is 6.29 Å². The van der Waals surface area contributed by atoms with E-state index in [1.165, 1.54) is 30.3 Å². The number of aldehydes is 1. The molecule has 0 atom stereocenters. The highest BCUT2D eigenvalue weighted by molar-refractivity contribution is 9.10. The average Bonchev–Trinajstić information content (AvgIpc) is 2.36. The lowest BCUT2D eigenvalue weighted by Gasteiger charge is -2.09. The van der Waals surface area contributed by atoms with Crippen molar-refractivity contribution in [2.45, 2.75) is 0 Å². The van der Waals surface area contributed by atoms with Gasteiger partial charge >= 0.3 is 0 Å². The average molecular weight is 313 g/mol. The third kappa shape index (κ3) is 2.56. The van der Waals surface area contributed by atoms with E-state index in [1.807, 2.05) is 0 Å². The summed E-state index contributed by atoms with van der Waals surface area (Å²) < 4.78 is 32.7. The number of benzene rings is 2. The lowest BCUT2D eigenvalue weighted by Crippen LogP contribution is -1.95. The lowest BCUT2D eigenvalue weighted by molar-refractivity contribution is 0.112. The normalized spacial score (nSPS) is 10.2. The van der Waals surface area contributed by atoms with E-state index >= 15 is 0 Å². The maximum atomic E-state index is 13.5. The molecule has 2 nitrogen and oxygen atoms in total. The maximum Gasteiger partial charge on any atom is 0.173 e. The first kappa shape index (κ1) is 12.7. The highest BCUT2D eigenvalue weighted by Gasteiger charge is 2.13. The minimum Gasteiger partial charge on any atom is -0.450 e. The van der Waals surface area contributed by atoms with E-state index in [9.17, 15) is 13.6 Å². The Hall–Kier alpha value is -1.75. The predicted octanol–water partition coefficient (Wildman–Crippen LogP) is 4.33. The molecule has 0 amide bonds. The number of carbonyl (C=O) groups is 1. The summed E-state index contributed by atoms with van der Waals surface area (Å²) in [6.07, 6.45) is 0.453. The highest BCUT2D eigenvalue weighted by Crippen LogP contribution is 2.31. The number of halogens is 3. The highest BCUT2D eigenvalue weighted by atomic mass is 79.9. The number of ether oxygens (including phenoxy) is 1. The summed E-state index contributed by atoms with van der Waals surface area (Å²) in [5.41, 5.74) is 0.0226. The molecule has 18 heavy (non-hydrogen) atoms. The van der Waals surface area contributed by atoms with E-state index in [0.29, 0.717) is 10.8 Å². The molecule has 0 radical (unpaired) electrons. The molecule has 0 aliphatic carbocycles. The van der Waals surface area contributed by atoms with Crippen LogP contribution in [0.4, 0.5) is 8.78 Å². The number of para-hydroxylation sites is 1. The Morgan fingerprint density at radius 3 is 2.61 bits per heavy atom. The molecular formula is C13H7BrF2O2. The molecule has 0 heterocycles. The predicted molar refractivity (Wildman–Crippen MR) is 66.0 cm³/mol. The monoisotopic (exact) mass is 312 g/mol. The van der Waals surface area contributed by atoms with Crippen molar-refractivity contribution in [1.29, 1.82) is 0 Å². The minimum atomic E-state index is -0.723. The van der Waals surface area contributed by atoms with Gasteiger partial charge < -0.3 is 4.74 Å². The van der Waals surface area contributed by atoms with Crippen LogP contribution in [0.1, 0.15) is 10.4 Å². The van der Waals surface area contributed by atoms with E-state index in [4.69, 9.17) is 4.74 Å². The number of hydrogen-bond donors (Lipinski definition) is 0. The van der Waals surface area contributed by atoms with Crippen LogP contribution in [0.3, 0.4) is 0 Å². The van der Waals surface area contributed by atoms with E-state index < -0.39 is 11.6 Å². The van der Waals surface area contributed by atoms with Crippen molar-refractivity contribution < 1.29 is 18.3 Å². The summed E-state index contributed by atoms with van der Waals surface area (Å²) in [7, 11) is 0. The summed E-state index contributed by atoms with van der Waals surface area (Å²) >= 11 is 3.15. The molecular weight excluding hydrogens is 306 g/mol. The Bertz CT molecular complexity index is 600. The molecule has 0 saturated carbocycles. The zero-order chi connectivity index (χ0) is 13.1. The number of rotatable bonds is 3. The molecule has 92 valence electrons. The Morgan fingerprint density at radius 1 is 1.11 bits per heavy atom. The zero-order valence-corrected chi connectivity index (χ0v) is 10.6. The van der Waals surface area contributed by atoms with Crippen LogP contribution in [-0.2, 0) is 0 Å². The van der Waals surface area contributed by atoms with Crippen LogP contribution in [0.2, 0.25) is 0 Å². The molecule has 2 rings (SSSR count). The van der Waals surface area contributed by atoms with Gasteiger partial charge in [0.25, 0.3) is 0 Å². The molecule has 0 saturated heterocycles. The number of hydrogen-bond acceptors (Lipinski definition) is 2. The topological polar surface area (TPSA) is 26.3 Å². The molecule has 0 bridgehead atoms. The molecule has 0 unspecified atom stereocenters. The van der Waals surface area contributed by atoms with Crippen molar-refractivity contribution in [3.8, 4) is 11.5 Å². The third-order valence-corrected chi connectivity index (χ3v) is 2.72. The van der Waals surface area contributed by atoms with Gasteiger partial charge in [0, 0.05) is 4.47 Å². The van der Waals surface area contributed by atoms with Crippen molar-refractivity contribution >= 4 is 22.2 Å². The third-order valence-electron chi connectivity index (χ3n) is 2.23. The first-order valence-electron chi connectivity index (χ1n) is 4.98. The van der Waals surface area contributed by atoms with Crippen LogP contribution in [0, 0.1) is 11.6 Å². The van der Waals surface area contributed by atoms with Gasteiger partial charge in [-0.2, -0.15) is 0 Å². The van der Waals surface area contributed by atoms with E-state index in [0.717, 1.165) is 6.07 Å². The summed E-state index contributed by atoms with van der Waals surface area (Å²) in [6.45, 7) is 0. The van der Waals surface area contributed by atoms with Crippen molar-refractivity contribution in [2.24, 2.45) is 0 Å². The molecule has 2 aromatic rings. The molecule has 0 fully saturated rings. The van der Waals surface area contributed by atoms with Crippen LogP contribution >= 0.6 is 15.9 Å². The lowest BCUT2D eigenvalue weighted by atomic mass is 10.2. The SMILES string of the molecule is O=Cc1cccc(F)c1Oc1cc(Br)ccc1F. The van der Waals surface area contributed by atoms with Gasteiger partial charge in [0.2, 0.25) is 0 Å². The second kappa shape index (κ2) is 5.27. The maximum absolute atomic E-state index is 13.5. The Morgan fingerprint density at radius 2 is 1.89 bits per heavy atom. The van der Waals surface area contributed by atoms with Gasteiger partial charge in [0.15, 0.2) is 29.4 Å². The van der Waals surface area contributed by atoms with Crippen molar-refractivity contribution in [1.82, 2.24) is 0 Å². The quantitative estimate of drug-likeness (QED) is 0.788. The summed E-state index contributed by atoms with van der Waals surface area (Å²) in [5.74, 6) is -1.81. The molecule has 0 N–H and O–H groups in total. The molecule has 0 aliphatic heterocycles. The molecule has 0 spiro atoms. The summed E-state index contributed by atoms with van der Waals surface area (Å²) in [6, 6.07) is 7.93. The Labute approximate surface area is 110 Å². The molecule has 0 aliphatic rings. The van der Waals surface area contributed by atoms with Gasteiger partial charge in [-0.25, -0.2) is 8.78 Å². The zero-order valence-electron chi connectivity index (χ0n) is 8.99.